The summed E-state index contributed by atoms with van der Waals surface area (Å²) in [6.07, 6.45) is 3.53. The van der Waals surface area contributed by atoms with Crippen molar-refractivity contribution in [1.29, 1.82) is 0 Å². The summed E-state index contributed by atoms with van der Waals surface area (Å²) in [5.41, 5.74) is 5.36. The normalized spacial score (nSPS) is 24.6. The van der Waals surface area contributed by atoms with Crippen molar-refractivity contribution >= 4 is 11.8 Å². The van der Waals surface area contributed by atoms with Crippen molar-refractivity contribution in [2.75, 3.05) is 17.6 Å². The molecular weight excluding hydrogens is 211 g/mol. The number of hydrogen-bond acceptors (Lipinski definition) is 5. The van der Waals surface area contributed by atoms with Gasteiger partial charge >= 0.3 is 0 Å². The SMILES string of the molecule is Nc1ncc(F)c(NCC2CCCC2O)n1. The van der Waals surface area contributed by atoms with Crippen molar-refractivity contribution in [2.45, 2.75) is 25.4 Å². The number of nitrogens with one attached hydrogen (secondary N) is 1. The Kier molecular flexibility index (Phi) is 3.19. The van der Waals surface area contributed by atoms with Crippen LogP contribution in [-0.4, -0.2) is 27.7 Å². The van der Waals surface area contributed by atoms with E-state index in [4.69, 9.17) is 5.73 Å². The third kappa shape index (κ3) is 2.38. The highest BCUT2D eigenvalue weighted by Crippen LogP contribution is 2.25. The first-order valence-corrected chi connectivity index (χ1v) is 5.37. The van der Waals surface area contributed by atoms with E-state index in [1.165, 1.54) is 0 Å². The molecular formula is C10H15FN4O. The molecule has 6 heteroatoms. The molecule has 88 valence electrons. The predicted octanol–water partition coefficient (Wildman–Crippen LogP) is 0.771. The molecule has 16 heavy (non-hydrogen) atoms. The van der Waals surface area contributed by atoms with E-state index in [1.807, 2.05) is 0 Å². The number of aromatic nitrogens is 2. The van der Waals surface area contributed by atoms with E-state index in [0.717, 1.165) is 25.5 Å². The van der Waals surface area contributed by atoms with E-state index in [1.54, 1.807) is 0 Å². The fourth-order valence-electron chi connectivity index (χ4n) is 1.99. The van der Waals surface area contributed by atoms with Crippen molar-refractivity contribution in [2.24, 2.45) is 5.92 Å². The third-order valence-corrected chi connectivity index (χ3v) is 2.91. The Hall–Kier alpha value is -1.43. The van der Waals surface area contributed by atoms with Crippen LogP contribution in [0.1, 0.15) is 19.3 Å². The van der Waals surface area contributed by atoms with Gasteiger partial charge in [0.25, 0.3) is 0 Å². The minimum atomic E-state index is -0.526. The van der Waals surface area contributed by atoms with Crippen LogP contribution in [0.4, 0.5) is 16.2 Å². The molecule has 0 aromatic carbocycles. The molecule has 0 radical (unpaired) electrons. The summed E-state index contributed by atoms with van der Waals surface area (Å²) >= 11 is 0. The van der Waals surface area contributed by atoms with Gasteiger partial charge in [0.1, 0.15) is 0 Å². The number of hydrogen-bond donors (Lipinski definition) is 3. The summed E-state index contributed by atoms with van der Waals surface area (Å²) in [6, 6.07) is 0. The van der Waals surface area contributed by atoms with E-state index in [9.17, 15) is 9.50 Å². The van der Waals surface area contributed by atoms with E-state index in [-0.39, 0.29) is 23.8 Å². The van der Waals surface area contributed by atoms with Gasteiger partial charge in [0.15, 0.2) is 11.6 Å². The lowest BCUT2D eigenvalue weighted by Gasteiger charge is -2.15. The molecule has 0 spiro atoms. The highest BCUT2D eigenvalue weighted by Gasteiger charge is 2.25. The predicted molar refractivity (Wildman–Crippen MR) is 58.2 cm³/mol. The molecule has 1 aromatic heterocycles. The maximum atomic E-state index is 13.2. The second-order valence-electron chi connectivity index (χ2n) is 4.06. The number of anilines is 2. The van der Waals surface area contributed by atoms with Crippen molar-refractivity contribution in [3.05, 3.63) is 12.0 Å². The average molecular weight is 226 g/mol. The zero-order valence-electron chi connectivity index (χ0n) is 8.86. The smallest absolute Gasteiger partial charge is 0.222 e. The summed E-state index contributed by atoms with van der Waals surface area (Å²) in [5.74, 6) is -0.222. The van der Waals surface area contributed by atoms with E-state index >= 15 is 0 Å². The maximum absolute atomic E-state index is 13.2. The summed E-state index contributed by atoms with van der Waals surface area (Å²) in [4.78, 5) is 7.29. The number of aliphatic hydroxyl groups is 1. The maximum Gasteiger partial charge on any atom is 0.222 e. The van der Waals surface area contributed by atoms with Gasteiger partial charge in [-0.1, -0.05) is 6.42 Å². The van der Waals surface area contributed by atoms with E-state index < -0.39 is 5.82 Å². The first-order chi connectivity index (χ1) is 7.66. The molecule has 1 aromatic rings. The molecule has 1 fully saturated rings. The molecule has 2 unspecified atom stereocenters. The second kappa shape index (κ2) is 4.61. The van der Waals surface area contributed by atoms with Gasteiger partial charge < -0.3 is 16.2 Å². The quantitative estimate of drug-likeness (QED) is 0.709. The van der Waals surface area contributed by atoms with Crippen LogP contribution in [0.15, 0.2) is 6.20 Å². The van der Waals surface area contributed by atoms with Crippen LogP contribution < -0.4 is 11.1 Å². The van der Waals surface area contributed by atoms with E-state index in [0.29, 0.717) is 6.54 Å². The fraction of sp³-hybridized carbons (Fsp3) is 0.600. The third-order valence-electron chi connectivity index (χ3n) is 2.91. The Balaban J connectivity index is 1.96. The van der Waals surface area contributed by atoms with Crippen LogP contribution in [0, 0.1) is 11.7 Å². The Morgan fingerprint density at radius 3 is 3.06 bits per heavy atom. The zero-order valence-corrected chi connectivity index (χ0v) is 8.86. The van der Waals surface area contributed by atoms with E-state index in [2.05, 4.69) is 15.3 Å². The Labute approximate surface area is 92.9 Å². The van der Waals surface area contributed by atoms with Gasteiger partial charge in [-0.2, -0.15) is 4.98 Å². The Morgan fingerprint density at radius 1 is 1.56 bits per heavy atom. The summed E-state index contributed by atoms with van der Waals surface area (Å²) in [5, 5.41) is 12.5. The Morgan fingerprint density at radius 2 is 2.38 bits per heavy atom. The standard InChI is InChI=1S/C10H15FN4O/c11-7-5-14-10(12)15-9(7)13-4-6-2-1-3-8(6)16/h5-6,8,16H,1-4H2,(H3,12,13,14,15). The first-order valence-electron chi connectivity index (χ1n) is 5.37. The molecule has 0 amide bonds. The van der Waals surface area contributed by atoms with Crippen LogP contribution in [0.25, 0.3) is 0 Å². The average Bonchev–Trinajstić information content (AvgIpc) is 2.66. The van der Waals surface area contributed by atoms with Gasteiger partial charge in [-0.25, -0.2) is 9.37 Å². The largest absolute Gasteiger partial charge is 0.393 e. The second-order valence-corrected chi connectivity index (χ2v) is 4.06. The lowest BCUT2D eigenvalue weighted by Crippen LogP contribution is -2.22. The molecule has 1 heterocycles. The monoisotopic (exact) mass is 226 g/mol. The van der Waals surface area contributed by atoms with Crippen LogP contribution in [-0.2, 0) is 0 Å². The number of aliphatic hydroxyl groups excluding tert-OH is 1. The molecule has 0 saturated heterocycles. The van der Waals surface area contributed by atoms with Gasteiger partial charge in [-0.3, -0.25) is 0 Å². The van der Waals surface area contributed by atoms with Crippen LogP contribution in [0.2, 0.25) is 0 Å². The molecule has 1 aliphatic rings. The highest BCUT2D eigenvalue weighted by atomic mass is 19.1. The van der Waals surface area contributed by atoms with Crippen LogP contribution in [0.3, 0.4) is 0 Å². The van der Waals surface area contributed by atoms with Crippen LogP contribution in [0.5, 0.6) is 0 Å². The summed E-state index contributed by atoms with van der Waals surface area (Å²) < 4.78 is 13.2. The van der Waals surface area contributed by atoms with Crippen molar-refractivity contribution in [3.8, 4) is 0 Å². The molecule has 1 aliphatic carbocycles. The van der Waals surface area contributed by atoms with Crippen LogP contribution >= 0.6 is 0 Å². The molecule has 5 nitrogen and oxygen atoms in total. The Bertz CT molecular complexity index is 374. The lowest BCUT2D eigenvalue weighted by atomic mass is 10.1. The molecule has 0 aliphatic heterocycles. The molecule has 4 N–H and O–H groups in total. The topological polar surface area (TPSA) is 84.1 Å². The zero-order chi connectivity index (χ0) is 11.5. The number of nitrogens with two attached hydrogens (primary N) is 1. The number of halogens is 1. The van der Waals surface area contributed by atoms with Crippen molar-refractivity contribution in [1.82, 2.24) is 9.97 Å². The summed E-state index contributed by atoms with van der Waals surface area (Å²) in [7, 11) is 0. The van der Waals surface area contributed by atoms with Gasteiger partial charge in [0.05, 0.1) is 12.3 Å². The van der Waals surface area contributed by atoms with Gasteiger partial charge in [0, 0.05) is 12.5 Å². The molecule has 0 bridgehead atoms. The van der Waals surface area contributed by atoms with Gasteiger partial charge in [-0.05, 0) is 12.8 Å². The van der Waals surface area contributed by atoms with Crippen molar-refractivity contribution < 1.29 is 9.50 Å². The first kappa shape index (κ1) is 11.1. The molecule has 2 rings (SSSR count). The molecule has 1 saturated carbocycles. The fourth-order valence-corrected chi connectivity index (χ4v) is 1.99. The lowest BCUT2D eigenvalue weighted by molar-refractivity contribution is 0.138. The highest BCUT2D eigenvalue weighted by molar-refractivity contribution is 5.39. The van der Waals surface area contributed by atoms with Crippen molar-refractivity contribution in [3.63, 3.8) is 0 Å². The van der Waals surface area contributed by atoms with Gasteiger partial charge in [-0.15, -0.1) is 0 Å². The number of nitrogen functional groups attached to an aromatic ring is 1. The molecule has 2 atom stereocenters. The number of rotatable bonds is 3. The summed E-state index contributed by atoms with van der Waals surface area (Å²) in [6.45, 7) is 0.508. The minimum absolute atomic E-state index is 0.0378. The minimum Gasteiger partial charge on any atom is -0.393 e. The number of nitrogens with zero attached hydrogens (tertiary/aromatic N) is 2. The van der Waals surface area contributed by atoms with Gasteiger partial charge in [0.2, 0.25) is 5.95 Å².